The van der Waals surface area contributed by atoms with Crippen LogP contribution in [0.15, 0.2) is 88.0 Å². The van der Waals surface area contributed by atoms with E-state index >= 15 is 0 Å². The van der Waals surface area contributed by atoms with Crippen LogP contribution in [-0.4, -0.2) is 24.0 Å². The highest BCUT2D eigenvalue weighted by Gasteiger charge is 2.25. The highest BCUT2D eigenvalue weighted by atomic mass is 35.5. The van der Waals surface area contributed by atoms with Crippen LogP contribution in [0.4, 0.5) is 0 Å². The first-order valence-electron chi connectivity index (χ1n) is 10.8. The number of nitrogens with zero attached hydrogens (tertiary/aromatic N) is 2. The number of aryl methyl sites for hydroxylation is 1. The summed E-state index contributed by atoms with van der Waals surface area (Å²) in [7, 11) is -2.18. The minimum absolute atomic E-state index is 0.101. The molecule has 176 valence electrons. The van der Waals surface area contributed by atoms with Crippen LogP contribution in [0, 0.1) is 0 Å². The van der Waals surface area contributed by atoms with Gasteiger partial charge >= 0.3 is 0 Å². The molecule has 0 amide bonds. The lowest BCUT2D eigenvalue weighted by Crippen LogP contribution is -2.25. The molecule has 6 nitrogen and oxygen atoms in total. The fraction of sp³-hybridized carbons (Fsp3) is 0.231. The molecule has 34 heavy (non-hydrogen) atoms. The molecular weight excluding hydrogens is 470 g/mol. The molecule has 1 aromatic heterocycles. The van der Waals surface area contributed by atoms with Crippen LogP contribution in [0.1, 0.15) is 43.2 Å². The van der Waals surface area contributed by atoms with Gasteiger partial charge in [0.25, 0.3) is 10.0 Å². The Hall–Kier alpha value is -3.16. The maximum atomic E-state index is 13.6. The zero-order chi connectivity index (χ0) is 24.7. The van der Waals surface area contributed by atoms with E-state index in [0.29, 0.717) is 10.4 Å². The van der Waals surface area contributed by atoms with Gasteiger partial charge < -0.3 is 0 Å². The molecule has 2 aromatic carbocycles. The second-order valence-electron chi connectivity index (χ2n) is 9.22. The number of hydrogen-bond donors (Lipinski definition) is 1. The molecule has 1 N–H and O–H groups in total. The van der Waals surface area contributed by atoms with E-state index in [0.717, 1.165) is 11.1 Å². The summed E-state index contributed by atoms with van der Waals surface area (Å²) in [5.74, 6) is -0.357. The van der Waals surface area contributed by atoms with Crippen molar-refractivity contribution in [3.63, 3.8) is 0 Å². The number of hydrogen-bond acceptors (Lipinski definition) is 4. The molecule has 0 aliphatic heterocycles. The smallest absolute Gasteiger partial charge is 0.261 e. The molecule has 0 unspecified atom stereocenters. The molecular formula is C26H26ClN3O3S. The molecule has 0 saturated heterocycles. The van der Waals surface area contributed by atoms with Crippen molar-refractivity contribution < 1.29 is 13.2 Å². The minimum Gasteiger partial charge on any atom is -0.287 e. The predicted octanol–water partition coefficient (Wildman–Crippen LogP) is 5.37. The summed E-state index contributed by atoms with van der Waals surface area (Å²) in [6.07, 6.45) is 4.93. The van der Waals surface area contributed by atoms with Gasteiger partial charge in [-0.25, -0.2) is 8.42 Å². The Labute approximate surface area is 204 Å². The number of carbonyl (C=O) groups excluding carboxylic acids is 1. The summed E-state index contributed by atoms with van der Waals surface area (Å²) in [6, 6.07) is 14.2. The Morgan fingerprint density at radius 3 is 2.41 bits per heavy atom. The fourth-order valence-corrected chi connectivity index (χ4v) is 5.05. The van der Waals surface area contributed by atoms with Crippen LogP contribution in [-0.2, 0) is 22.5 Å². The Balaban J connectivity index is 1.76. The minimum atomic E-state index is -3.94. The lowest BCUT2D eigenvalue weighted by atomic mass is 9.87. The highest BCUT2D eigenvalue weighted by Crippen LogP contribution is 2.27. The monoisotopic (exact) mass is 495 g/mol. The van der Waals surface area contributed by atoms with Gasteiger partial charge in [0, 0.05) is 23.0 Å². The summed E-state index contributed by atoms with van der Waals surface area (Å²) in [6.45, 7) is 6.18. The number of Topliss-reactive ketones (excluding diaryl/α,β-unsaturated/α-hetero) is 1. The zero-order valence-corrected chi connectivity index (χ0v) is 21.0. The molecule has 0 spiro atoms. The van der Waals surface area contributed by atoms with Crippen LogP contribution in [0.5, 0.6) is 0 Å². The van der Waals surface area contributed by atoms with Crippen molar-refractivity contribution in [3.05, 3.63) is 94.3 Å². The number of benzene rings is 2. The van der Waals surface area contributed by atoms with E-state index in [4.69, 9.17) is 11.6 Å². The molecule has 3 aromatic rings. The first-order chi connectivity index (χ1) is 16.0. The van der Waals surface area contributed by atoms with Crippen LogP contribution < -0.4 is 4.72 Å². The Kier molecular flexibility index (Phi) is 6.27. The Morgan fingerprint density at radius 1 is 1.06 bits per heavy atom. The van der Waals surface area contributed by atoms with Gasteiger partial charge in [-0.3, -0.25) is 14.2 Å². The average molecular weight is 496 g/mol. The van der Waals surface area contributed by atoms with Crippen molar-refractivity contribution in [2.24, 2.45) is 7.05 Å². The maximum absolute atomic E-state index is 13.6. The lowest BCUT2D eigenvalue weighted by Gasteiger charge is -2.19. The number of ketones is 1. The molecule has 1 aliphatic rings. The van der Waals surface area contributed by atoms with E-state index in [1.807, 2.05) is 24.3 Å². The summed E-state index contributed by atoms with van der Waals surface area (Å²) in [5.41, 5.74) is 2.44. The van der Waals surface area contributed by atoms with Crippen molar-refractivity contribution in [1.29, 1.82) is 0 Å². The molecule has 4 rings (SSSR count). The number of para-hydroxylation sites is 1. The third kappa shape index (κ3) is 4.72. The molecule has 0 saturated carbocycles. The molecule has 0 bridgehead atoms. The largest absolute Gasteiger partial charge is 0.287 e. The predicted molar refractivity (Wildman–Crippen MR) is 135 cm³/mol. The number of rotatable bonds is 5. The van der Waals surface area contributed by atoms with Crippen molar-refractivity contribution >= 4 is 38.3 Å². The maximum Gasteiger partial charge on any atom is 0.261 e. The quantitative estimate of drug-likeness (QED) is 0.482. The van der Waals surface area contributed by atoms with Gasteiger partial charge in [-0.05, 0) is 47.8 Å². The standard InChI is InChI=1S/C26H26ClN3O3S/c1-26(2,3)17-9-13-19(14-10-17)34(32,33)29-22-16-12-18(27)11-15-20(22)25(31)24-21-7-5-6-8-23(21)30(4)28-24/h5-14,16,29H,15H2,1-4H3. The van der Waals surface area contributed by atoms with E-state index in [1.165, 1.54) is 6.08 Å². The molecule has 1 aliphatic carbocycles. The average Bonchev–Trinajstić information content (AvgIpc) is 3.02. The third-order valence-corrected chi connectivity index (χ3v) is 7.42. The number of halogens is 1. The summed E-state index contributed by atoms with van der Waals surface area (Å²) >= 11 is 6.19. The first kappa shape index (κ1) is 24.0. The summed E-state index contributed by atoms with van der Waals surface area (Å²) in [4.78, 5) is 13.7. The number of allylic oxidation sites excluding steroid dienone is 5. The molecule has 0 radical (unpaired) electrons. The topological polar surface area (TPSA) is 81.1 Å². The first-order valence-corrected chi connectivity index (χ1v) is 12.7. The van der Waals surface area contributed by atoms with E-state index in [2.05, 4.69) is 30.6 Å². The van der Waals surface area contributed by atoms with E-state index < -0.39 is 10.0 Å². The molecule has 0 fully saturated rings. The second kappa shape index (κ2) is 8.89. The van der Waals surface area contributed by atoms with Crippen molar-refractivity contribution in [1.82, 2.24) is 14.5 Å². The van der Waals surface area contributed by atoms with Crippen LogP contribution in [0.2, 0.25) is 0 Å². The molecule has 8 heteroatoms. The zero-order valence-electron chi connectivity index (χ0n) is 19.5. The van der Waals surface area contributed by atoms with Gasteiger partial charge in [0.05, 0.1) is 16.1 Å². The fourth-order valence-electron chi connectivity index (χ4n) is 3.81. The molecule has 0 atom stereocenters. The van der Waals surface area contributed by atoms with Gasteiger partial charge in [-0.2, -0.15) is 5.10 Å². The van der Waals surface area contributed by atoms with E-state index in [9.17, 15) is 13.2 Å². The van der Waals surface area contributed by atoms with Gasteiger partial charge in [0.1, 0.15) is 5.69 Å². The highest BCUT2D eigenvalue weighted by molar-refractivity contribution is 7.89. The number of fused-ring (bicyclic) bond motifs is 1. The number of sulfonamides is 1. The van der Waals surface area contributed by atoms with Crippen molar-refractivity contribution in [2.75, 3.05) is 0 Å². The summed E-state index contributed by atoms with van der Waals surface area (Å²) < 4.78 is 30.7. The normalized spacial score (nSPS) is 14.8. The number of carbonyl (C=O) groups is 1. The van der Waals surface area contributed by atoms with E-state index in [1.54, 1.807) is 48.1 Å². The van der Waals surface area contributed by atoms with Crippen LogP contribution in [0.3, 0.4) is 0 Å². The van der Waals surface area contributed by atoms with Crippen LogP contribution in [0.25, 0.3) is 10.9 Å². The Morgan fingerprint density at radius 2 is 1.74 bits per heavy atom. The van der Waals surface area contributed by atoms with Gasteiger partial charge in [-0.1, -0.05) is 68.8 Å². The number of aromatic nitrogens is 2. The second-order valence-corrected chi connectivity index (χ2v) is 11.3. The van der Waals surface area contributed by atoms with Gasteiger partial charge in [0.15, 0.2) is 0 Å². The Bertz CT molecular complexity index is 1470. The lowest BCUT2D eigenvalue weighted by molar-refractivity contribution is 0.102. The van der Waals surface area contributed by atoms with Gasteiger partial charge in [0.2, 0.25) is 5.78 Å². The van der Waals surface area contributed by atoms with Crippen molar-refractivity contribution in [2.45, 2.75) is 37.5 Å². The third-order valence-electron chi connectivity index (χ3n) is 5.76. The van der Waals surface area contributed by atoms with Gasteiger partial charge in [-0.15, -0.1) is 0 Å². The van der Waals surface area contributed by atoms with Crippen molar-refractivity contribution in [3.8, 4) is 0 Å². The van der Waals surface area contributed by atoms with Crippen LogP contribution >= 0.6 is 11.6 Å². The summed E-state index contributed by atoms with van der Waals surface area (Å²) in [5, 5.41) is 5.53. The van der Waals surface area contributed by atoms with E-state index in [-0.39, 0.29) is 39.5 Å². The number of nitrogens with one attached hydrogen (secondary N) is 1. The molecule has 1 heterocycles. The SMILES string of the molecule is Cn1nc(C(=O)C2=C(NS(=O)(=O)c3ccc(C(C)(C)C)cc3)C=CC(Cl)=CC2)c2ccccc21.